The molecule has 1 aliphatic rings. The lowest BCUT2D eigenvalue weighted by Crippen LogP contribution is -2.39. The van der Waals surface area contributed by atoms with Crippen LogP contribution in [-0.2, 0) is 11.2 Å². The van der Waals surface area contributed by atoms with Crippen LogP contribution in [0.3, 0.4) is 0 Å². The maximum atomic E-state index is 13.2. The zero-order valence-electron chi connectivity index (χ0n) is 12.4. The Kier molecular flexibility index (Phi) is 4.81. The van der Waals surface area contributed by atoms with Crippen molar-refractivity contribution in [2.75, 3.05) is 26.2 Å². The molecule has 22 heavy (non-hydrogen) atoms. The van der Waals surface area contributed by atoms with Crippen LogP contribution in [0.25, 0.3) is 0 Å². The highest BCUT2D eigenvalue weighted by Gasteiger charge is 2.24. The lowest BCUT2D eigenvalue weighted by molar-refractivity contribution is -0.0296. The Morgan fingerprint density at radius 1 is 1.36 bits per heavy atom. The van der Waals surface area contributed by atoms with Crippen LogP contribution < -0.4 is 0 Å². The zero-order chi connectivity index (χ0) is 15.5. The van der Waals surface area contributed by atoms with Gasteiger partial charge in [0, 0.05) is 30.7 Å². The van der Waals surface area contributed by atoms with Crippen molar-refractivity contribution in [2.45, 2.75) is 19.4 Å². The fourth-order valence-corrected chi connectivity index (χ4v) is 3.39. The van der Waals surface area contributed by atoms with Crippen LogP contribution in [0.15, 0.2) is 23.6 Å². The molecule has 0 spiro atoms. The molecule has 0 amide bonds. The van der Waals surface area contributed by atoms with Crippen LogP contribution in [0.4, 0.5) is 8.78 Å². The topological polar surface area (TPSA) is 25.4 Å². The first-order valence-corrected chi connectivity index (χ1v) is 8.19. The Morgan fingerprint density at radius 2 is 2.23 bits per heavy atom. The molecule has 118 valence electrons. The Bertz CT molecular complexity index is 647. The lowest BCUT2D eigenvalue weighted by atomic mass is 10.1. The SMILES string of the molecule is Cc1csc(C2CN(CCc3ccc(F)c(F)c3)CCO2)n1. The van der Waals surface area contributed by atoms with Crippen molar-refractivity contribution in [2.24, 2.45) is 0 Å². The van der Waals surface area contributed by atoms with Gasteiger partial charge in [-0.3, -0.25) is 4.90 Å². The van der Waals surface area contributed by atoms with Gasteiger partial charge in [-0.15, -0.1) is 11.3 Å². The number of benzene rings is 1. The van der Waals surface area contributed by atoms with Crippen LogP contribution in [0.5, 0.6) is 0 Å². The third-order valence-electron chi connectivity index (χ3n) is 3.76. The van der Waals surface area contributed by atoms with Gasteiger partial charge in [-0.2, -0.15) is 0 Å². The first kappa shape index (κ1) is 15.5. The van der Waals surface area contributed by atoms with E-state index in [9.17, 15) is 8.78 Å². The third-order valence-corrected chi connectivity index (χ3v) is 4.82. The van der Waals surface area contributed by atoms with Crippen LogP contribution in [0.2, 0.25) is 0 Å². The summed E-state index contributed by atoms with van der Waals surface area (Å²) >= 11 is 1.62. The Labute approximate surface area is 132 Å². The monoisotopic (exact) mass is 324 g/mol. The summed E-state index contributed by atoms with van der Waals surface area (Å²) in [5, 5.41) is 3.04. The van der Waals surface area contributed by atoms with Gasteiger partial charge in [0.15, 0.2) is 11.6 Å². The highest BCUT2D eigenvalue weighted by molar-refractivity contribution is 7.09. The molecule has 2 aromatic rings. The summed E-state index contributed by atoms with van der Waals surface area (Å²) in [5.74, 6) is -1.58. The molecular formula is C16H18F2N2OS. The van der Waals surface area contributed by atoms with Gasteiger partial charge in [-0.1, -0.05) is 6.07 Å². The van der Waals surface area contributed by atoms with Gasteiger partial charge in [0.1, 0.15) is 11.1 Å². The number of thiazole rings is 1. The fraction of sp³-hybridized carbons (Fsp3) is 0.438. The molecule has 1 atom stereocenters. The molecular weight excluding hydrogens is 306 g/mol. The van der Waals surface area contributed by atoms with Crippen molar-refractivity contribution in [3.05, 3.63) is 51.5 Å². The maximum Gasteiger partial charge on any atom is 0.159 e. The molecule has 0 bridgehead atoms. The van der Waals surface area contributed by atoms with Crippen LogP contribution in [0.1, 0.15) is 22.4 Å². The van der Waals surface area contributed by atoms with Crippen molar-refractivity contribution < 1.29 is 13.5 Å². The quantitative estimate of drug-likeness (QED) is 0.862. The molecule has 3 rings (SSSR count). The lowest BCUT2D eigenvalue weighted by Gasteiger charge is -2.31. The number of morpholine rings is 1. The zero-order valence-corrected chi connectivity index (χ0v) is 13.2. The van der Waals surface area contributed by atoms with Gasteiger partial charge in [0.05, 0.1) is 6.61 Å². The van der Waals surface area contributed by atoms with Crippen LogP contribution in [0, 0.1) is 18.6 Å². The predicted molar refractivity (Wildman–Crippen MR) is 82.0 cm³/mol. The van der Waals surface area contributed by atoms with Crippen LogP contribution >= 0.6 is 11.3 Å². The van der Waals surface area contributed by atoms with E-state index in [1.54, 1.807) is 17.4 Å². The van der Waals surface area contributed by atoms with Gasteiger partial charge >= 0.3 is 0 Å². The molecule has 1 saturated heterocycles. The number of hydrogen-bond acceptors (Lipinski definition) is 4. The largest absolute Gasteiger partial charge is 0.368 e. The van der Waals surface area contributed by atoms with Crippen molar-refractivity contribution in [3.63, 3.8) is 0 Å². The van der Waals surface area contributed by atoms with E-state index in [4.69, 9.17) is 4.74 Å². The summed E-state index contributed by atoms with van der Waals surface area (Å²) in [6.07, 6.45) is 0.707. The van der Waals surface area contributed by atoms with Crippen molar-refractivity contribution in [1.82, 2.24) is 9.88 Å². The number of aromatic nitrogens is 1. The molecule has 0 N–H and O–H groups in total. The van der Waals surface area contributed by atoms with E-state index in [1.165, 1.54) is 12.1 Å². The molecule has 6 heteroatoms. The number of ether oxygens (including phenoxy) is 1. The normalized spacial score (nSPS) is 19.5. The van der Waals surface area contributed by atoms with E-state index >= 15 is 0 Å². The summed E-state index contributed by atoms with van der Waals surface area (Å²) in [6, 6.07) is 4.10. The summed E-state index contributed by atoms with van der Waals surface area (Å²) in [4.78, 5) is 6.77. The second-order valence-electron chi connectivity index (χ2n) is 5.49. The molecule has 1 fully saturated rings. The number of nitrogens with zero attached hydrogens (tertiary/aromatic N) is 2. The third kappa shape index (κ3) is 3.69. The molecule has 1 aromatic carbocycles. The summed E-state index contributed by atoms with van der Waals surface area (Å²) in [5.41, 5.74) is 1.83. The van der Waals surface area contributed by atoms with Crippen molar-refractivity contribution >= 4 is 11.3 Å². The first-order chi connectivity index (χ1) is 10.6. The maximum absolute atomic E-state index is 13.2. The highest BCUT2D eigenvalue weighted by Crippen LogP contribution is 2.25. The summed E-state index contributed by atoms with van der Waals surface area (Å²) < 4.78 is 31.9. The van der Waals surface area contributed by atoms with Crippen LogP contribution in [-0.4, -0.2) is 36.1 Å². The average molecular weight is 324 g/mol. The van der Waals surface area contributed by atoms with Crippen molar-refractivity contribution in [1.29, 1.82) is 0 Å². The Balaban J connectivity index is 1.57. The minimum atomic E-state index is -0.797. The minimum Gasteiger partial charge on any atom is -0.368 e. The van der Waals surface area contributed by atoms with E-state index in [2.05, 4.69) is 9.88 Å². The van der Waals surface area contributed by atoms with E-state index in [0.717, 1.165) is 35.9 Å². The first-order valence-electron chi connectivity index (χ1n) is 7.32. The van der Waals surface area contributed by atoms with E-state index in [1.807, 2.05) is 12.3 Å². The van der Waals surface area contributed by atoms with Gasteiger partial charge in [-0.05, 0) is 31.0 Å². The molecule has 0 saturated carbocycles. The Morgan fingerprint density at radius 3 is 2.95 bits per heavy atom. The Hall–Kier alpha value is -1.37. The second-order valence-corrected chi connectivity index (χ2v) is 6.38. The van der Waals surface area contributed by atoms with Gasteiger partial charge in [-0.25, -0.2) is 13.8 Å². The molecule has 1 aliphatic heterocycles. The van der Waals surface area contributed by atoms with E-state index in [0.29, 0.717) is 13.0 Å². The molecule has 0 aliphatic carbocycles. The standard InChI is InChI=1S/C16H18F2N2OS/c1-11-10-22-16(19-11)15-9-20(6-7-21-15)5-4-12-2-3-13(17)14(18)8-12/h2-3,8,10,15H,4-7,9H2,1H3. The van der Waals surface area contributed by atoms with Gasteiger partial charge in [0.2, 0.25) is 0 Å². The van der Waals surface area contributed by atoms with Gasteiger partial charge < -0.3 is 4.74 Å². The van der Waals surface area contributed by atoms with E-state index < -0.39 is 11.6 Å². The summed E-state index contributed by atoms with van der Waals surface area (Å²) in [6.45, 7) is 5.08. The fourth-order valence-electron chi connectivity index (χ4n) is 2.56. The molecule has 1 unspecified atom stereocenters. The summed E-state index contributed by atoms with van der Waals surface area (Å²) in [7, 11) is 0. The smallest absolute Gasteiger partial charge is 0.159 e. The molecule has 1 aromatic heterocycles. The average Bonchev–Trinajstić information content (AvgIpc) is 2.95. The second kappa shape index (κ2) is 6.81. The number of halogens is 2. The van der Waals surface area contributed by atoms with Crippen molar-refractivity contribution in [3.8, 4) is 0 Å². The molecule has 3 nitrogen and oxygen atoms in total. The highest BCUT2D eigenvalue weighted by atomic mass is 32.1. The molecule has 0 radical (unpaired) electrons. The number of aryl methyl sites for hydroxylation is 1. The molecule has 2 heterocycles. The number of hydrogen-bond donors (Lipinski definition) is 0. The predicted octanol–water partition coefficient (Wildman–Crippen LogP) is 3.35. The number of rotatable bonds is 4. The minimum absolute atomic E-state index is 0.0115. The van der Waals surface area contributed by atoms with Gasteiger partial charge in [0.25, 0.3) is 0 Å². The van der Waals surface area contributed by atoms with E-state index in [-0.39, 0.29) is 6.10 Å².